The summed E-state index contributed by atoms with van der Waals surface area (Å²) in [7, 11) is 0. The molecule has 1 unspecified atom stereocenters. The standard InChI is InChI=1S/C27H27ClN6O3S2/c1-3-37-26(36)19-7-5-11-33(14-19)25(35)21-15-38-23(30-21)16-39-27-32-31-24(18-6-4-10-29-13-18)34(27)22-12-20(28)9-8-17(22)2/h4,6,8-10,12-13,15,19H,3,5,7,11,14,16H2,1-2H3. The minimum absolute atomic E-state index is 0.159. The molecule has 0 radical (unpaired) electrons. The summed E-state index contributed by atoms with van der Waals surface area (Å²) in [6.45, 7) is 5.11. The summed E-state index contributed by atoms with van der Waals surface area (Å²) in [6.07, 6.45) is 4.96. The smallest absolute Gasteiger partial charge is 0.310 e. The van der Waals surface area contributed by atoms with Crippen molar-refractivity contribution in [1.29, 1.82) is 0 Å². The topological polar surface area (TPSA) is 103 Å². The number of thioether (sulfide) groups is 1. The lowest BCUT2D eigenvalue weighted by atomic mass is 9.98. The second kappa shape index (κ2) is 12.3. The van der Waals surface area contributed by atoms with Crippen molar-refractivity contribution in [2.45, 2.75) is 37.6 Å². The summed E-state index contributed by atoms with van der Waals surface area (Å²) in [5.41, 5.74) is 3.13. The molecule has 0 saturated carbocycles. The van der Waals surface area contributed by atoms with Crippen LogP contribution in [0.2, 0.25) is 5.02 Å². The van der Waals surface area contributed by atoms with E-state index in [1.807, 2.05) is 41.8 Å². The van der Waals surface area contributed by atoms with Gasteiger partial charge in [-0.15, -0.1) is 21.5 Å². The quantitative estimate of drug-likeness (QED) is 0.199. The van der Waals surface area contributed by atoms with Crippen molar-refractivity contribution < 1.29 is 14.3 Å². The molecule has 0 spiro atoms. The number of hydrogen-bond acceptors (Lipinski definition) is 9. The fourth-order valence-electron chi connectivity index (χ4n) is 4.46. The van der Waals surface area contributed by atoms with E-state index in [1.165, 1.54) is 23.1 Å². The van der Waals surface area contributed by atoms with E-state index in [4.69, 9.17) is 16.3 Å². The third kappa shape index (κ3) is 6.15. The van der Waals surface area contributed by atoms with Crippen LogP contribution in [-0.2, 0) is 15.3 Å². The first-order valence-corrected chi connectivity index (χ1v) is 14.8. The number of carbonyl (C=O) groups is 2. The minimum Gasteiger partial charge on any atom is -0.466 e. The molecule has 1 aliphatic rings. The lowest BCUT2D eigenvalue weighted by Gasteiger charge is -2.31. The van der Waals surface area contributed by atoms with Gasteiger partial charge in [-0.25, -0.2) is 4.98 Å². The lowest BCUT2D eigenvalue weighted by Crippen LogP contribution is -2.43. The average Bonchev–Trinajstić information content (AvgIpc) is 3.61. The van der Waals surface area contributed by atoms with E-state index in [1.54, 1.807) is 29.6 Å². The highest BCUT2D eigenvalue weighted by molar-refractivity contribution is 7.98. The Morgan fingerprint density at radius 3 is 2.92 bits per heavy atom. The molecule has 1 atom stereocenters. The Morgan fingerprint density at radius 2 is 2.13 bits per heavy atom. The number of pyridine rings is 1. The molecule has 1 aromatic carbocycles. The molecule has 4 aromatic rings. The molecule has 0 aliphatic carbocycles. The Hall–Kier alpha value is -3.28. The van der Waals surface area contributed by atoms with Crippen LogP contribution in [0.3, 0.4) is 0 Å². The van der Waals surface area contributed by atoms with Crippen LogP contribution >= 0.6 is 34.7 Å². The van der Waals surface area contributed by atoms with Crippen molar-refractivity contribution in [3.05, 3.63) is 69.4 Å². The first kappa shape index (κ1) is 27.3. The van der Waals surface area contributed by atoms with Gasteiger partial charge in [0.25, 0.3) is 5.91 Å². The van der Waals surface area contributed by atoms with Crippen molar-refractivity contribution in [1.82, 2.24) is 29.6 Å². The zero-order valence-corrected chi connectivity index (χ0v) is 23.9. The Bertz CT molecular complexity index is 1480. The molecule has 39 heavy (non-hydrogen) atoms. The number of esters is 1. The Balaban J connectivity index is 1.34. The van der Waals surface area contributed by atoms with Crippen LogP contribution in [0, 0.1) is 12.8 Å². The number of likely N-dealkylation sites (tertiary alicyclic amines) is 1. The zero-order valence-electron chi connectivity index (χ0n) is 21.5. The maximum atomic E-state index is 13.1. The number of carbonyl (C=O) groups excluding carboxylic acids is 2. The largest absolute Gasteiger partial charge is 0.466 e. The van der Waals surface area contributed by atoms with Gasteiger partial charge in [0.2, 0.25) is 0 Å². The summed E-state index contributed by atoms with van der Waals surface area (Å²) in [6, 6.07) is 9.51. The molecule has 1 aliphatic heterocycles. The van der Waals surface area contributed by atoms with Gasteiger partial charge in [0.05, 0.1) is 24.0 Å². The Kier molecular flexibility index (Phi) is 8.59. The molecule has 1 saturated heterocycles. The number of amides is 1. The third-order valence-corrected chi connectivity index (χ3v) is 8.60. The summed E-state index contributed by atoms with van der Waals surface area (Å²) in [4.78, 5) is 35.9. The van der Waals surface area contributed by atoms with Gasteiger partial charge in [-0.1, -0.05) is 29.4 Å². The summed E-state index contributed by atoms with van der Waals surface area (Å²) < 4.78 is 7.14. The Morgan fingerprint density at radius 1 is 1.26 bits per heavy atom. The van der Waals surface area contributed by atoms with Gasteiger partial charge in [-0.05, 0) is 56.5 Å². The number of thiazole rings is 1. The Labute approximate surface area is 239 Å². The van der Waals surface area contributed by atoms with Gasteiger partial charge < -0.3 is 9.64 Å². The van der Waals surface area contributed by atoms with Crippen molar-refractivity contribution in [3.8, 4) is 17.1 Å². The molecule has 5 rings (SSSR count). The van der Waals surface area contributed by atoms with Crippen LogP contribution in [-0.4, -0.2) is 61.2 Å². The number of hydrogen-bond donors (Lipinski definition) is 0. The van der Waals surface area contributed by atoms with E-state index in [9.17, 15) is 9.59 Å². The first-order chi connectivity index (χ1) is 18.9. The van der Waals surface area contributed by atoms with Crippen molar-refractivity contribution in [2.75, 3.05) is 19.7 Å². The van der Waals surface area contributed by atoms with E-state index >= 15 is 0 Å². The third-order valence-electron chi connectivity index (χ3n) is 6.39. The van der Waals surface area contributed by atoms with Crippen LogP contribution in [0.4, 0.5) is 0 Å². The summed E-state index contributed by atoms with van der Waals surface area (Å²) in [5.74, 6) is 0.482. The van der Waals surface area contributed by atoms with Crippen LogP contribution in [0.5, 0.6) is 0 Å². The molecule has 12 heteroatoms. The number of nitrogens with zero attached hydrogens (tertiary/aromatic N) is 6. The molecule has 3 aromatic heterocycles. The molecule has 4 heterocycles. The van der Waals surface area contributed by atoms with Gasteiger partial charge in [0, 0.05) is 41.4 Å². The van der Waals surface area contributed by atoms with Gasteiger partial charge in [-0.3, -0.25) is 19.1 Å². The van der Waals surface area contributed by atoms with Gasteiger partial charge in [-0.2, -0.15) is 0 Å². The average molecular weight is 583 g/mol. The number of halogens is 1. The molecule has 0 bridgehead atoms. The van der Waals surface area contributed by atoms with E-state index in [2.05, 4.69) is 20.2 Å². The maximum Gasteiger partial charge on any atom is 0.310 e. The highest BCUT2D eigenvalue weighted by Gasteiger charge is 2.30. The normalized spacial score (nSPS) is 15.4. The molecule has 202 valence electrons. The number of aryl methyl sites for hydroxylation is 1. The molecular weight excluding hydrogens is 556 g/mol. The maximum absolute atomic E-state index is 13.1. The second-order valence-corrected chi connectivity index (χ2v) is 11.4. The molecule has 1 amide bonds. The zero-order chi connectivity index (χ0) is 27.4. The summed E-state index contributed by atoms with van der Waals surface area (Å²) >= 11 is 9.26. The van der Waals surface area contributed by atoms with Crippen molar-refractivity contribution >= 4 is 46.6 Å². The highest BCUT2D eigenvalue weighted by Crippen LogP contribution is 2.32. The van der Waals surface area contributed by atoms with Crippen LogP contribution in [0.25, 0.3) is 17.1 Å². The minimum atomic E-state index is -0.286. The van der Waals surface area contributed by atoms with Gasteiger partial charge in [0.1, 0.15) is 10.7 Å². The molecule has 0 N–H and O–H groups in total. The predicted molar refractivity (Wildman–Crippen MR) is 151 cm³/mol. The van der Waals surface area contributed by atoms with Gasteiger partial charge in [0.15, 0.2) is 11.0 Å². The molecule has 1 fully saturated rings. The van der Waals surface area contributed by atoms with Gasteiger partial charge >= 0.3 is 5.97 Å². The van der Waals surface area contributed by atoms with Crippen LogP contribution in [0.1, 0.15) is 40.8 Å². The number of rotatable bonds is 8. The van der Waals surface area contributed by atoms with Crippen LogP contribution < -0.4 is 0 Å². The lowest BCUT2D eigenvalue weighted by molar-refractivity contribution is -0.149. The monoisotopic (exact) mass is 582 g/mol. The van der Waals surface area contributed by atoms with E-state index < -0.39 is 0 Å². The molecule has 9 nitrogen and oxygen atoms in total. The number of ether oxygens (including phenoxy) is 1. The fraction of sp³-hybridized carbons (Fsp3) is 0.333. The SMILES string of the molecule is CCOC(=O)C1CCCN(C(=O)c2csc(CSc3nnc(-c4cccnc4)n3-c3cc(Cl)ccc3C)n2)C1. The number of aromatic nitrogens is 5. The van der Waals surface area contributed by atoms with Crippen LogP contribution in [0.15, 0.2) is 53.3 Å². The second-order valence-electron chi connectivity index (χ2n) is 9.07. The summed E-state index contributed by atoms with van der Waals surface area (Å²) in [5, 5.41) is 12.8. The number of piperidine rings is 1. The van der Waals surface area contributed by atoms with E-state index in [0.29, 0.717) is 47.1 Å². The molecular formula is C27H27ClN6O3S2. The fourth-order valence-corrected chi connectivity index (χ4v) is 6.36. The number of benzene rings is 1. The highest BCUT2D eigenvalue weighted by atomic mass is 35.5. The van der Waals surface area contributed by atoms with Crippen molar-refractivity contribution in [3.63, 3.8) is 0 Å². The van der Waals surface area contributed by atoms with E-state index in [0.717, 1.165) is 34.7 Å². The van der Waals surface area contributed by atoms with Crippen molar-refractivity contribution in [2.24, 2.45) is 5.92 Å². The predicted octanol–water partition coefficient (Wildman–Crippen LogP) is 5.46. The first-order valence-electron chi connectivity index (χ1n) is 12.6. The van der Waals surface area contributed by atoms with E-state index in [-0.39, 0.29) is 17.8 Å².